The molecule has 2 unspecified atom stereocenters. The van der Waals surface area contributed by atoms with Crippen molar-refractivity contribution in [1.82, 2.24) is 4.90 Å². The van der Waals surface area contributed by atoms with Gasteiger partial charge in [0, 0.05) is 32.4 Å². The van der Waals surface area contributed by atoms with Gasteiger partial charge in [-0.15, -0.1) is 0 Å². The molecule has 1 fully saturated rings. The zero-order chi connectivity index (χ0) is 14.1. The molecule has 0 radical (unpaired) electrons. The summed E-state index contributed by atoms with van der Waals surface area (Å²) in [7, 11) is 2.08. The monoisotopic (exact) mass is 274 g/mol. The fraction of sp³-hybridized carbons (Fsp3) is 0.562. The van der Waals surface area contributed by atoms with E-state index in [1.54, 1.807) is 0 Å². The summed E-state index contributed by atoms with van der Waals surface area (Å²) >= 11 is 0. The Bertz CT molecular complexity index is 503. The van der Waals surface area contributed by atoms with Crippen molar-refractivity contribution in [3.8, 4) is 0 Å². The van der Waals surface area contributed by atoms with Gasteiger partial charge in [-0.05, 0) is 31.4 Å². The van der Waals surface area contributed by atoms with Crippen LogP contribution in [0.2, 0.25) is 0 Å². The van der Waals surface area contributed by atoms with Crippen LogP contribution in [0.4, 0.5) is 5.69 Å². The largest absolute Gasteiger partial charge is 0.373 e. The van der Waals surface area contributed by atoms with Crippen molar-refractivity contribution < 1.29 is 9.53 Å². The van der Waals surface area contributed by atoms with E-state index in [0.29, 0.717) is 6.54 Å². The van der Waals surface area contributed by atoms with Gasteiger partial charge in [0.15, 0.2) is 0 Å². The molecule has 1 amide bonds. The Morgan fingerprint density at radius 2 is 2.05 bits per heavy atom. The highest BCUT2D eigenvalue weighted by Crippen LogP contribution is 2.26. The molecule has 108 valence electrons. The van der Waals surface area contributed by atoms with Gasteiger partial charge in [-0.2, -0.15) is 0 Å². The Morgan fingerprint density at radius 3 is 2.80 bits per heavy atom. The third-order valence-electron chi connectivity index (χ3n) is 4.29. The number of likely N-dealkylation sites (N-methyl/N-ethyl adjacent to an activating group) is 1. The molecule has 0 aromatic heterocycles. The van der Waals surface area contributed by atoms with Crippen molar-refractivity contribution in [3.63, 3.8) is 0 Å². The Labute approximate surface area is 120 Å². The van der Waals surface area contributed by atoms with Gasteiger partial charge in [0.25, 0.3) is 5.91 Å². The molecule has 0 N–H and O–H groups in total. The molecular formula is C16H22N2O2. The van der Waals surface area contributed by atoms with Crippen molar-refractivity contribution in [2.24, 2.45) is 0 Å². The van der Waals surface area contributed by atoms with Crippen LogP contribution in [-0.2, 0) is 16.1 Å². The van der Waals surface area contributed by atoms with Crippen LogP contribution in [0.15, 0.2) is 24.3 Å². The number of ether oxygens (including phenoxy) is 1. The van der Waals surface area contributed by atoms with Crippen LogP contribution in [0.25, 0.3) is 0 Å². The van der Waals surface area contributed by atoms with Gasteiger partial charge >= 0.3 is 0 Å². The van der Waals surface area contributed by atoms with Gasteiger partial charge in [0.2, 0.25) is 0 Å². The Kier molecular flexibility index (Phi) is 3.66. The molecule has 0 bridgehead atoms. The minimum absolute atomic E-state index is 0.152. The van der Waals surface area contributed by atoms with Crippen LogP contribution in [0.1, 0.15) is 25.3 Å². The summed E-state index contributed by atoms with van der Waals surface area (Å²) in [4.78, 5) is 16.8. The second-order valence-electron chi connectivity index (χ2n) is 5.82. The van der Waals surface area contributed by atoms with Gasteiger partial charge in [0.1, 0.15) is 6.10 Å². The molecule has 3 rings (SSSR count). The summed E-state index contributed by atoms with van der Waals surface area (Å²) < 4.78 is 5.73. The molecule has 0 aliphatic carbocycles. The highest BCUT2D eigenvalue weighted by atomic mass is 16.5. The third-order valence-corrected chi connectivity index (χ3v) is 4.29. The fourth-order valence-electron chi connectivity index (χ4n) is 3.07. The Hall–Kier alpha value is -1.55. The van der Waals surface area contributed by atoms with E-state index in [1.165, 1.54) is 11.3 Å². The van der Waals surface area contributed by atoms with E-state index in [1.807, 2.05) is 17.9 Å². The first-order valence-corrected chi connectivity index (χ1v) is 7.38. The van der Waals surface area contributed by atoms with Crippen molar-refractivity contribution in [3.05, 3.63) is 29.8 Å². The highest BCUT2D eigenvalue weighted by molar-refractivity contribution is 5.81. The van der Waals surface area contributed by atoms with Crippen molar-refractivity contribution >= 4 is 11.6 Å². The summed E-state index contributed by atoms with van der Waals surface area (Å²) in [5.41, 5.74) is 2.44. The van der Waals surface area contributed by atoms with Crippen LogP contribution in [0, 0.1) is 0 Å². The summed E-state index contributed by atoms with van der Waals surface area (Å²) in [6.07, 6.45) is 1.82. The van der Waals surface area contributed by atoms with Crippen LogP contribution < -0.4 is 4.90 Å². The Balaban J connectivity index is 1.77. The molecule has 0 saturated carbocycles. The maximum Gasteiger partial charge on any atom is 0.252 e. The number of fused-ring (bicyclic) bond motifs is 1. The Morgan fingerprint density at radius 1 is 1.25 bits per heavy atom. The fourth-order valence-corrected chi connectivity index (χ4v) is 3.07. The topological polar surface area (TPSA) is 32.8 Å². The zero-order valence-corrected chi connectivity index (χ0v) is 12.2. The lowest BCUT2D eigenvalue weighted by molar-refractivity contribution is -0.143. The van der Waals surface area contributed by atoms with Gasteiger partial charge in [-0.1, -0.05) is 18.2 Å². The minimum atomic E-state index is -0.236. The van der Waals surface area contributed by atoms with Gasteiger partial charge in [-0.3, -0.25) is 4.79 Å². The van der Waals surface area contributed by atoms with Crippen molar-refractivity contribution in [2.75, 3.05) is 25.0 Å². The number of hydrogen-bond acceptors (Lipinski definition) is 3. The minimum Gasteiger partial charge on any atom is -0.373 e. The van der Waals surface area contributed by atoms with Crippen LogP contribution in [0.5, 0.6) is 0 Å². The highest BCUT2D eigenvalue weighted by Gasteiger charge is 2.32. The predicted octanol–water partition coefficient (Wildman–Crippen LogP) is 2.03. The lowest BCUT2D eigenvalue weighted by atomic mass is 10.1. The van der Waals surface area contributed by atoms with E-state index < -0.39 is 0 Å². The molecular weight excluding hydrogens is 252 g/mol. The van der Waals surface area contributed by atoms with E-state index in [0.717, 1.165) is 25.9 Å². The van der Waals surface area contributed by atoms with E-state index in [-0.39, 0.29) is 18.1 Å². The molecule has 2 aliphatic rings. The SMILES string of the molecule is CC1CCC(C(=O)N2CCN(C)c3ccccc3C2)O1. The van der Waals surface area contributed by atoms with E-state index >= 15 is 0 Å². The maximum atomic E-state index is 12.6. The number of anilines is 1. The van der Waals surface area contributed by atoms with Crippen LogP contribution in [-0.4, -0.2) is 43.2 Å². The van der Waals surface area contributed by atoms with Crippen LogP contribution in [0.3, 0.4) is 0 Å². The second kappa shape index (κ2) is 5.44. The molecule has 1 saturated heterocycles. The predicted molar refractivity (Wildman–Crippen MR) is 78.7 cm³/mol. The van der Waals surface area contributed by atoms with E-state index in [9.17, 15) is 4.79 Å². The quantitative estimate of drug-likeness (QED) is 0.785. The van der Waals surface area contributed by atoms with E-state index in [4.69, 9.17) is 4.74 Å². The van der Waals surface area contributed by atoms with Gasteiger partial charge < -0.3 is 14.5 Å². The van der Waals surface area contributed by atoms with E-state index in [2.05, 4.69) is 30.1 Å². The average molecular weight is 274 g/mol. The normalized spacial score (nSPS) is 26.3. The lowest BCUT2D eigenvalue weighted by Gasteiger charge is -2.24. The number of rotatable bonds is 1. The molecule has 0 spiro atoms. The first kappa shape index (κ1) is 13.4. The molecule has 2 atom stereocenters. The zero-order valence-electron chi connectivity index (χ0n) is 12.2. The smallest absolute Gasteiger partial charge is 0.252 e. The standard InChI is InChI=1S/C16H22N2O2/c1-12-7-8-15(20-12)16(19)18-10-9-17(2)14-6-4-3-5-13(14)11-18/h3-6,12,15H,7-11H2,1-2H3. The van der Waals surface area contributed by atoms with Crippen LogP contribution >= 0.6 is 0 Å². The summed E-state index contributed by atoms with van der Waals surface area (Å²) in [6, 6.07) is 8.32. The number of carbonyl (C=O) groups is 1. The molecule has 1 aromatic carbocycles. The summed E-state index contributed by atoms with van der Waals surface area (Å²) in [5.74, 6) is 0.152. The number of carbonyl (C=O) groups excluding carboxylic acids is 1. The lowest BCUT2D eigenvalue weighted by Crippen LogP contribution is -2.40. The molecule has 4 heteroatoms. The second-order valence-corrected chi connectivity index (χ2v) is 5.82. The molecule has 2 aliphatic heterocycles. The van der Waals surface area contributed by atoms with Crippen molar-refractivity contribution in [2.45, 2.75) is 38.5 Å². The first-order chi connectivity index (χ1) is 9.65. The molecule has 20 heavy (non-hydrogen) atoms. The molecule has 2 heterocycles. The molecule has 4 nitrogen and oxygen atoms in total. The molecule has 1 aromatic rings. The number of benzene rings is 1. The maximum absolute atomic E-state index is 12.6. The van der Waals surface area contributed by atoms with Crippen molar-refractivity contribution in [1.29, 1.82) is 0 Å². The summed E-state index contributed by atoms with van der Waals surface area (Å²) in [6.45, 7) is 4.36. The van der Waals surface area contributed by atoms with Gasteiger partial charge in [0.05, 0.1) is 6.10 Å². The third kappa shape index (κ3) is 2.52. The number of para-hydroxylation sites is 1. The number of nitrogens with zero attached hydrogens (tertiary/aromatic N) is 2. The number of hydrogen-bond donors (Lipinski definition) is 0. The summed E-state index contributed by atoms with van der Waals surface area (Å²) in [5, 5.41) is 0. The average Bonchev–Trinajstić information content (AvgIpc) is 2.81. The first-order valence-electron chi connectivity index (χ1n) is 7.38. The number of amides is 1. The van der Waals surface area contributed by atoms with Gasteiger partial charge in [-0.25, -0.2) is 0 Å².